The van der Waals surface area contributed by atoms with E-state index in [2.05, 4.69) is 20.6 Å². The molecular weight excluding hydrogens is 471 g/mol. The molecule has 0 spiro atoms. The molecule has 0 radical (unpaired) electrons. The molecule has 1 saturated carbocycles. The molecule has 1 atom stereocenters. The molecule has 0 bridgehead atoms. The van der Waals surface area contributed by atoms with E-state index in [-0.39, 0.29) is 45.1 Å². The molecule has 2 aromatic heterocycles. The highest BCUT2D eigenvalue weighted by Crippen LogP contribution is 2.34. The Hall–Kier alpha value is -2.98. The molecule has 0 saturated heterocycles. The second-order valence-corrected chi connectivity index (χ2v) is 8.55. The summed E-state index contributed by atoms with van der Waals surface area (Å²) >= 11 is 12.6. The standard InChI is InChI=1S/C22H20Cl2N4O5/c23-15-5-11(21(32)27-7-12(30)9-29)6-16(24)17(15)19(31)14-8-26-18-13(14)3-4-25-20(18)28-22(33)10-1-2-10/h3-6,8,10,12,26,29-30H,1-2,7,9H2,(H,27,32)(H,25,28,33). The predicted octanol–water partition coefficient (Wildman–Crippen LogP) is 2.53. The van der Waals surface area contributed by atoms with Gasteiger partial charge in [0, 0.05) is 41.4 Å². The number of hydrogen-bond acceptors (Lipinski definition) is 6. The van der Waals surface area contributed by atoms with Gasteiger partial charge in [-0.15, -0.1) is 0 Å². The Bertz CT molecular complexity index is 1230. The maximum atomic E-state index is 13.3. The Balaban J connectivity index is 1.61. The van der Waals surface area contributed by atoms with Crippen molar-refractivity contribution in [3.05, 3.63) is 57.3 Å². The zero-order valence-corrected chi connectivity index (χ0v) is 18.7. The number of rotatable bonds is 8. The maximum absolute atomic E-state index is 13.3. The molecule has 9 nitrogen and oxygen atoms in total. The lowest BCUT2D eigenvalue weighted by Gasteiger charge is -2.11. The van der Waals surface area contributed by atoms with E-state index in [1.54, 1.807) is 6.07 Å². The first kappa shape index (κ1) is 23.2. The van der Waals surface area contributed by atoms with Crippen molar-refractivity contribution in [3.8, 4) is 0 Å². The van der Waals surface area contributed by atoms with Gasteiger partial charge in [-0.2, -0.15) is 0 Å². The van der Waals surface area contributed by atoms with Crippen LogP contribution in [0, 0.1) is 5.92 Å². The van der Waals surface area contributed by atoms with Crippen LogP contribution in [0.25, 0.3) is 10.9 Å². The zero-order valence-electron chi connectivity index (χ0n) is 17.2. The SMILES string of the molecule is O=C(NCC(O)CO)c1cc(Cl)c(C(=O)c2c[nH]c3c(NC(=O)C4CC4)nccc23)c(Cl)c1. The van der Waals surface area contributed by atoms with Crippen LogP contribution in [0.1, 0.15) is 39.1 Å². The van der Waals surface area contributed by atoms with E-state index in [9.17, 15) is 19.5 Å². The average Bonchev–Trinajstić information content (AvgIpc) is 3.55. The van der Waals surface area contributed by atoms with E-state index in [1.165, 1.54) is 24.5 Å². The fourth-order valence-electron chi connectivity index (χ4n) is 3.33. The monoisotopic (exact) mass is 490 g/mol. The number of aromatic nitrogens is 2. The summed E-state index contributed by atoms with van der Waals surface area (Å²) in [6.45, 7) is -0.657. The summed E-state index contributed by atoms with van der Waals surface area (Å²) in [5, 5.41) is 23.9. The van der Waals surface area contributed by atoms with Crippen molar-refractivity contribution in [1.29, 1.82) is 0 Å². The summed E-state index contributed by atoms with van der Waals surface area (Å²) in [5.41, 5.74) is 0.897. The van der Waals surface area contributed by atoms with Crippen molar-refractivity contribution in [3.63, 3.8) is 0 Å². The summed E-state index contributed by atoms with van der Waals surface area (Å²) in [7, 11) is 0. The summed E-state index contributed by atoms with van der Waals surface area (Å²) in [5.74, 6) is -0.816. The molecule has 1 fully saturated rings. The lowest BCUT2D eigenvalue weighted by Crippen LogP contribution is -2.33. The van der Waals surface area contributed by atoms with Crippen LogP contribution >= 0.6 is 23.2 Å². The van der Waals surface area contributed by atoms with Crippen molar-refractivity contribution in [1.82, 2.24) is 15.3 Å². The third-order valence-corrected chi connectivity index (χ3v) is 5.87. The van der Waals surface area contributed by atoms with Crippen molar-refractivity contribution in [2.24, 2.45) is 5.92 Å². The van der Waals surface area contributed by atoms with Crippen LogP contribution in [-0.4, -0.2) is 57.0 Å². The van der Waals surface area contributed by atoms with Crippen LogP contribution in [0.3, 0.4) is 0 Å². The van der Waals surface area contributed by atoms with Crippen LogP contribution in [0.15, 0.2) is 30.6 Å². The molecule has 11 heteroatoms. The lowest BCUT2D eigenvalue weighted by molar-refractivity contribution is -0.117. The van der Waals surface area contributed by atoms with Crippen LogP contribution in [0.5, 0.6) is 0 Å². The Morgan fingerprint density at radius 1 is 1.21 bits per heavy atom. The number of pyridine rings is 1. The van der Waals surface area contributed by atoms with E-state index in [1.807, 2.05) is 0 Å². The number of benzene rings is 1. The number of nitrogens with one attached hydrogen (secondary N) is 3. The van der Waals surface area contributed by atoms with Gasteiger partial charge in [-0.3, -0.25) is 14.4 Å². The second kappa shape index (κ2) is 9.48. The molecule has 33 heavy (non-hydrogen) atoms. The van der Waals surface area contributed by atoms with Crippen LogP contribution in [0.4, 0.5) is 5.82 Å². The topological polar surface area (TPSA) is 144 Å². The number of carbonyl (C=O) groups excluding carboxylic acids is 3. The molecule has 1 aliphatic carbocycles. The Labute approximate surface area is 198 Å². The predicted molar refractivity (Wildman–Crippen MR) is 123 cm³/mol. The van der Waals surface area contributed by atoms with Crippen LogP contribution < -0.4 is 10.6 Å². The minimum atomic E-state index is -1.10. The average molecular weight is 491 g/mol. The Morgan fingerprint density at radius 2 is 1.91 bits per heavy atom. The van der Waals surface area contributed by atoms with Gasteiger partial charge in [0.2, 0.25) is 5.91 Å². The summed E-state index contributed by atoms with van der Waals surface area (Å²) < 4.78 is 0. The number of aliphatic hydroxyl groups is 2. The molecule has 2 heterocycles. The number of aliphatic hydroxyl groups excluding tert-OH is 2. The quantitative estimate of drug-likeness (QED) is 0.307. The number of aromatic amines is 1. The maximum Gasteiger partial charge on any atom is 0.251 e. The first-order valence-electron chi connectivity index (χ1n) is 10.2. The molecule has 0 aliphatic heterocycles. The summed E-state index contributed by atoms with van der Waals surface area (Å²) in [4.78, 5) is 44.9. The molecule has 172 valence electrons. The molecule has 3 aromatic rings. The molecule has 1 aromatic carbocycles. The van der Waals surface area contributed by atoms with E-state index in [4.69, 9.17) is 28.3 Å². The number of anilines is 1. The minimum absolute atomic E-state index is 0.00153. The van der Waals surface area contributed by atoms with E-state index in [0.717, 1.165) is 12.8 Å². The minimum Gasteiger partial charge on any atom is -0.394 e. The highest BCUT2D eigenvalue weighted by atomic mass is 35.5. The van der Waals surface area contributed by atoms with Gasteiger partial charge in [0.15, 0.2) is 11.6 Å². The first-order valence-corrected chi connectivity index (χ1v) is 10.9. The molecule has 1 aliphatic rings. The largest absolute Gasteiger partial charge is 0.394 e. The van der Waals surface area contributed by atoms with Crippen molar-refractivity contribution >= 4 is 57.5 Å². The second-order valence-electron chi connectivity index (χ2n) is 7.74. The summed E-state index contributed by atoms with van der Waals surface area (Å²) in [6, 6.07) is 4.25. The van der Waals surface area contributed by atoms with Crippen molar-refractivity contribution < 1.29 is 24.6 Å². The number of H-pyrrole nitrogens is 1. The highest BCUT2D eigenvalue weighted by Gasteiger charge is 2.30. The van der Waals surface area contributed by atoms with Crippen LogP contribution in [-0.2, 0) is 4.79 Å². The Morgan fingerprint density at radius 3 is 2.55 bits per heavy atom. The van der Waals surface area contributed by atoms with Gasteiger partial charge >= 0.3 is 0 Å². The number of ketones is 1. The van der Waals surface area contributed by atoms with Crippen molar-refractivity contribution in [2.45, 2.75) is 18.9 Å². The van der Waals surface area contributed by atoms with Gasteiger partial charge in [0.1, 0.15) is 0 Å². The van der Waals surface area contributed by atoms with E-state index in [0.29, 0.717) is 16.7 Å². The third-order valence-electron chi connectivity index (χ3n) is 5.28. The van der Waals surface area contributed by atoms with Gasteiger partial charge in [-0.05, 0) is 31.0 Å². The number of carbonyl (C=O) groups is 3. The smallest absolute Gasteiger partial charge is 0.251 e. The van der Waals surface area contributed by atoms with Gasteiger partial charge < -0.3 is 25.8 Å². The lowest BCUT2D eigenvalue weighted by atomic mass is 10.0. The molecular formula is C22H20Cl2N4O5. The van der Waals surface area contributed by atoms with Gasteiger partial charge in [0.25, 0.3) is 5.91 Å². The van der Waals surface area contributed by atoms with E-state index >= 15 is 0 Å². The number of halogens is 2. The van der Waals surface area contributed by atoms with Crippen LogP contribution in [0.2, 0.25) is 10.0 Å². The van der Waals surface area contributed by atoms with Gasteiger partial charge in [0.05, 0.1) is 33.8 Å². The number of nitrogens with zero attached hydrogens (tertiary/aromatic N) is 1. The highest BCUT2D eigenvalue weighted by molar-refractivity contribution is 6.42. The van der Waals surface area contributed by atoms with Gasteiger partial charge in [-0.1, -0.05) is 23.2 Å². The first-order chi connectivity index (χ1) is 15.8. The fourth-order valence-corrected chi connectivity index (χ4v) is 3.99. The number of fused-ring (bicyclic) bond motifs is 1. The normalized spacial score (nSPS) is 14.2. The zero-order chi connectivity index (χ0) is 23.7. The molecule has 2 amide bonds. The van der Waals surface area contributed by atoms with Gasteiger partial charge in [-0.25, -0.2) is 4.98 Å². The van der Waals surface area contributed by atoms with Crippen molar-refractivity contribution in [2.75, 3.05) is 18.5 Å². The molecule has 5 N–H and O–H groups in total. The third kappa shape index (κ3) is 4.86. The Kier molecular flexibility index (Phi) is 6.66. The summed E-state index contributed by atoms with van der Waals surface area (Å²) in [6.07, 6.45) is 3.58. The number of hydrogen-bond donors (Lipinski definition) is 5. The molecule has 4 rings (SSSR count). The fraction of sp³-hybridized carbons (Fsp3) is 0.273. The molecule has 1 unspecified atom stereocenters. The number of amides is 2. The van der Waals surface area contributed by atoms with E-state index < -0.39 is 24.4 Å².